The second-order valence-electron chi connectivity index (χ2n) is 5.21. The van der Waals surface area contributed by atoms with E-state index in [1.807, 2.05) is 0 Å². The van der Waals surface area contributed by atoms with E-state index in [0.29, 0.717) is 0 Å². The predicted octanol–water partition coefficient (Wildman–Crippen LogP) is 1.52. The summed E-state index contributed by atoms with van der Waals surface area (Å²) in [6.45, 7) is 11.2. The molecule has 0 N–H and O–H groups in total. The van der Waals surface area contributed by atoms with E-state index in [0.717, 1.165) is 26.4 Å². The number of likely N-dealkylation sites (tertiary alicyclic amines) is 1. The third-order valence-electron chi connectivity index (χ3n) is 3.82. The third-order valence-corrected chi connectivity index (χ3v) is 3.82. The Morgan fingerprint density at radius 2 is 1.83 bits per heavy atom. The van der Waals surface area contributed by atoms with Gasteiger partial charge in [-0.05, 0) is 25.9 Å². The minimum absolute atomic E-state index is 1.00. The van der Waals surface area contributed by atoms with Gasteiger partial charge < -0.3 is 0 Å². The first-order chi connectivity index (χ1) is 8.81. The van der Waals surface area contributed by atoms with Gasteiger partial charge in [-0.1, -0.05) is 20.3 Å². The van der Waals surface area contributed by atoms with Crippen LogP contribution < -0.4 is 4.57 Å². The summed E-state index contributed by atoms with van der Waals surface area (Å²) in [6, 6.07) is 0. The van der Waals surface area contributed by atoms with Crippen LogP contribution in [0.2, 0.25) is 0 Å². The molecule has 1 aliphatic heterocycles. The lowest BCUT2D eigenvalue weighted by molar-refractivity contribution is -0.715. The minimum atomic E-state index is 1.00. The molecular weight excluding hydrogens is 224 g/mol. The Labute approximate surface area is 111 Å². The molecule has 4 nitrogen and oxygen atoms in total. The first-order valence-electron chi connectivity index (χ1n) is 7.31. The van der Waals surface area contributed by atoms with Crippen molar-refractivity contribution in [1.82, 2.24) is 14.4 Å². The molecule has 0 radical (unpaired) electrons. The van der Waals surface area contributed by atoms with E-state index in [1.165, 1.54) is 32.4 Å². The first kappa shape index (κ1) is 13.6. The molecule has 1 saturated heterocycles. The Bertz CT molecular complexity index is 337. The molecule has 1 aromatic rings. The average Bonchev–Trinajstić information content (AvgIpc) is 2.84. The van der Waals surface area contributed by atoms with E-state index >= 15 is 0 Å². The Morgan fingerprint density at radius 3 is 2.50 bits per heavy atom. The largest absolute Gasteiger partial charge is 0.268 e. The van der Waals surface area contributed by atoms with Crippen LogP contribution in [0, 0.1) is 0 Å². The van der Waals surface area contributed by atoms with Crippen molar-refractivity contribution < 1.29 is 4.57 Å². The second kappa shape index (κ2) is 6.90. The van der Waals surface area contributed by atoms with Crippen LogP contribution in [-0.2, 0) is 13.3 Å². The zero-order valence-electron chi connectivity index (χ0n) is 11.9. The van der Waals surface area contributed by atoms with Crippen LogP contribution in [-0.4, -0.2) is 40.5 Å². The van der Waals surface area contributed by atoms with Crippen molar-refractivity contribution in [3.8, 4) is 0 Å². The standard InChI is InChI=1S/C14H27N4/c1-3-15(4-2)12-17-10-11-18(14-17)13-16-8-6-5-7-9-16/h10-11,14H,3-9,12-13H2,1-2H3/q+1. The van der Waals surface area contributed by atoms with Crippen LogP contribution in [0.5, 0.6) is 0 Å². The van der Waals surface area contributed by atoms with Gasteiger partial charge in [0.2, 0.25) is 6.33 Å². The van der Waals surface area contributed by atoms with Gasteiger partial charge in [-0.25, -0.2) is 9.13 Å². The highest BCUT2D eigenvalue weighted by Gasteiger charge is 2.13. The van der Waals surface area contributed by atoms with E-state index in [1.54, 1.807) is 0 Å². The van der Waals surface area contributed by atoms with E-state index in [2.05, 4.69) is 51.5 Å². The number of hydrogen-bond acceptors (Lipinski definition) is 2. The molecule has 0 bridgehead atoms. The molecule has 1 fully saturated rings. The van der Waals surface area contributed by atoms with Crippen LogP contribution >= 0.6 is 0 Å². The van der Waals surface area contributed by atoms with Gasteiger partial charge in [0.25, 0.3) is 0 Å². The van der Waals surface area contributed by atoms with Crippen molar-refractivity contribution in [3.05, 3.63) is 18.7 Å². The molecule has 0 aliphatic carbocycles. The molecule has 0 amide bonds. The van der Waals surface area contributed by atoms with Gasteiger partial charge in [0.15, 0.2) is 0 Å². The smallest absolute Gasteiger partial charge is 0.245 e. The van der Waals surface area contributed by atoms with Crippen molar-refractivity contribution in [2.24, 2.45) is 0 Å². The van der Waals surface area contributed by atoms with E-state index < -0.39 is 0 Å². The summed E-state index contributed by atoms with van der Waals surface area (Å²) < 4.78 is 4.58. The van der Waals surface area contributed by atoms with E-state index in [4.69, 9.17) is 0 Å². The fourth-order valence-corrected chi connectivity index (χ4v) is 2.59. The quantitative estimate of drug-likeness (QED) is 0.712. The normalized spacial score (nSPS) is 17.5. The summed E-state index contributed by atoms with van der Waals surface area (Å²) >= 11 is 0. The fraction of sp³-hybridized carbons (Fsp3) is 0.786. The van der Waals surface area contributed by atoms with Gasteiger partial charge in [-0.15, -0.1) is 0 Å². The highest BCUT2D eigenvalue weighted by Crippen LogP contribution is 2.09. The van der Waals surface area contributed by atoms with Gasteiger partial charge in [0.05, 0.1) is 0 Å². The molecular formula is C14H27N4+. The molecule has 0 aromatic carbocycles. The number of piperidine rings is 1. The van der Waals surface area contributed by atoms with Crippen molar-refractivity contribution in [2.75, 3.05) is 26.2 Å². The number of aromatic nitrogens is 2. The second-order valence-corrected chi connectivity index (χ2v) is 5.21. The Hall–Kier alpha value is -0.870. The van der Waals surface area contributed by atoms with Gasteiger partial charge in [-0.2, -0.15) is 0 Å². The summed E-state index contributed by atoms with van der Waals surface area (Å²) in [5.41, 5.74) is 0. The van der Waals surface area contributed by atoms with Crippen LogP contribution in [0.15, 0.2) is 18.7 Å². The summed E-state index contributed by atoms with van der Waals surface area (Å²) in [7, 11) is 0. The summed E-state index contributed by atoms with van der Waals surface area (Å²) in [4.78, 5) is 4.97. The molecule has 18 heavy (non-hydrogen) atoms. The van der Waals surface area contributed by atoms with E-state index in [9.17, 15) is 0 Å². The van der Waals surface area contributed by atoms with Crippen LogP contribution in [0.3, 0.4) is 0 Å². The molecule has 0 spiro atoms. The Morgan fingerprint density at radius 1 is 1.11 bits per heavy atom. The molecule has 0 atom stereocenters. The van der Waals surface area contributed by atoms with Gasteiger partial charge >= 0.3 is 0 Å². The first-order valence-corrected chi connectivity index (χ1v) is 7.31. The van der Waals surface area contributed by atoms with Gasteiger partial charge in [0, 0.05) is 13.1 Å². The Balaban J connectivity index is 1.85. The van der Waals surface area contributed by atoms with Gasteiger partial charge in [0.1, 0.15) is 25.7 Å². The number of hydrogen-bond donors (Lipinski definition) is 0. The minimum Gasteiger partial charge on any atom is -0.268 e. The molecule has 4 heteroatoms. The lowest BCUT2D eigenvalue weighted by Gasteiger charge is -2.24. The zero-order chi connectivity index (χ0) is 12.8. The number of imidazole rings is 1. The molecule has 0 saturated carbocycles. The predicted molar refractivity (Wildman–Crippen MR) is 73.0 cm³/mol. The maximum atomic E-state index is 2.55. The van der Waals surface area contributed by atoms with Crippen molar-refractivity contribution in [3.63, 3.8) is 0 Å². The van der Waals surface area contributed by atoms with Crippen LogP contribution in [0.25, 0.3) is 0 Å². The van der Waals surface area contributed by atoms with Crippen molar-refractivity contribution in [2.45, 2.75) is 46.4 Å². The van der Waals surface area contributed by atoms with Crippen molar-refractivity contribution in [1.29, 1.82) is 0 Å². The van der Waals surface area contributed by atoms with Crippen LogP contribution in [0.4, 0.5) is 0 Å². The summed E-state index contributed by atoms with van der Waals surface area (Å²) in [5.74, 6) is 0. The topological polar surface area (TPSA) is 15.3 Å². The summed E-state index contributed by atoms with van der Waals surface area (Å²) in [6.07, 6.45) is 10.7. The monoisotopic (exact) mass is 251 g/mol. The van der Waals surface area contributed by atoms with Gasteiger partial charge in [-0.3, -0.25) is 9.80 Å². The number of rotatable bonds is 6. The van der Waals surface area contributed by atoms with E-state index in [-0.39, 0.29) is 0 Å². The number of nitrogens with zero attached hydrogens (tertiary/aromatic N) is 4. The average molecular weight is 251 g/mol. The summed E-state index contributed by atoms with van der Waals surface area (Å²) in [5, 5.41) is 0. The molecule has 102 valence electrons. The lowest BCUT2D eigenvalue weighted by atomic mass is 10.1. The van der Waals surface area contributed by atoms with Crippen LogP contribution in [0.1, 0.15) is 33.1 Å². The molecule has 0 unspecified atom stereocenters. The SMILES string of the molecule is CCN(CC)C[n+]1ccn(CN2CCCCC2)c1. The lowest BCUT2D eigenvalue weighted by Crippen LogP contribution is -2.42. The maximum Gasteiger partial charge on any atom is 0.245 e. The maximum absolute atomic E-state index is 2.55. The highest BCUT2D eigenvalue weighted by atomic mass is 15.3. The van der Waals surface area contributed by atoms with Crippen molar-refractivity contribution >= 4 is 0 Å². The third kappa shape index (κ3) is 3.82. The molecule has 2 heterocycles. The molecule has 1 aliphatic rings. The Kier molecular flexibility index (Phi) is 5.20. The molecule has 2 rings (SSSR count). The highest BCUT2D eigenvalue weighted by molar-refractivity contribution is 4.69. The molecule has 1 aromatic heterocycles. The fourth-order valence-electron chi connectivity index (χ4n) is 2.59. The zero-order valence-corrected chi connectivity index (χ0v) is 11.9.